The van der Waals surface area contributed by atoms with E-state index >= 15 is 0 Å². The number of benzene rings is 3. The van der Waals surface area contributed by atoms with E-state index in [1.54, 1.807) is 24.3 Å². The summed E-state index contributed by atoms with van der Waals surface area (Å²) in [5.41, 5.74) is 0.597. The van der Waals surface area contributed by atoms with Gasteiger partial charge in [0.15, 0.2) is 12.4 Å². The minimum atomic E-state index is -0.899. The van der Waals surface area contributed by atoms with E-state index in [0.717, 1.165) is 4.90 Å². The average Bonchev–Trinajstić information content (AvgIpc) is 2.84. The second-order valence-corrected chi connectivity index (χ2v) is 9.22. The summed E-state index contributed by atoms with van der Waals surface area (Å²) in [7, 11) is 0. The molecule has 0 unspecified atom stereocenters. The number of halogens is 4. The lowest BCUT2D eigenvalue weighted by Crippen LogP contribution is -2.54. The summed E-state index contributed by atoms with van der Waals surface area (Å²) in [6.45, 7) is -0.413. The fraction of sp³-hybridized carbons (Fsp3) is 0.0400. The first-order chi connectivity index (χ1) is 17.6. The van der Waals surface area contributed by atoms with Crippen LogP contribution in [0, 0.1) is 0 Å². The highest BCUT2D eigenvalue weighted by Gasteiger charge is 2.36. The van der Waals surface area contributed by atoms with Crippen molar-refractivity contribution >= 4 is 87.6 Å². The number of nitrogens with one attached hydrogen (secondary N) is 2. The van der Waals surface area contributed by atoms with Crippen molar-refractivity contribution in [1.29, 1.82) is 0 Å². The average molecular weight is 579 g/mol. The largest absolute Gasteiger partial charge is 0.481 e. The molecule has 3 aromatic carbocycles. The Morgan fingerprint density at radius 3 is 2.22 bits per heavy atom. The second-order valence-electron chi connectivity index (χ2n) is 7.56. The highest BCUT2D eigenvalue weighted by molar-refractivity contribution is 6.40. The van der Waals surface area contributed by atoms with Crippen LogP contribution in [-0.2, 0) is 14.4 Å². The molecule has 0 bridgehead atoms. The number of hydrogen-bond acceptors (Lipinski definition) is 5. The molecule has 0 aliphatic carbocycles. The number of para-hydroxylation sites is 1. The van der Waals surface area contributed by atoms with Gasteiger partial charge in [-0.1, -0.05) is 58.5 Å². The van der Waals surface area contributed by atoms with Gasteiger partial charge in [0.2, 0.25) is 0 Å². The summed E-state index contributed by atoms with van der Waals surface area (Å²) >= 11 is 24.5. The number of ether oxygens (including phenoxy) is 1. The third kappa shape index (κ3) is 6.06. The Bertz CT molecular complexity index is 1430. The Labute approximate surface area is 230 Å². The van der Waals surface area contributed by atoms with Crippen LogP contribution in [0.15, 0.2) is 66.2 Å². The van der Waals surface area contributed by atoms with E-state index in [1.807, 2.05) is 0 Å². The van der Waals surface area contributed by atoms with Crippen LogP contribution in [-0.4, -0.2) is 30.4 Å². The number of rotatable bonds is 6. The molecule has 1 saturated heterocycles. The predicted octanol–water partition coefficient (Wildman–Crippen LogP) is 5.98. The van der Waals surface area contributed by atoms with E-state index in [9.17, 15) is 19.2 Å². The van der Waals surface area contributed by atoms with Gasteiger partial charge in [-0.05, 0) is 60.2 Å². The summed E-state index contributed by atoms with van der Waals surface area (Å²) in [5.74, 6) is -2.20. The molecule has 0 atom stereocenters. The van der Waals surface area contributed by atoms with E-state index in [1.165, 1.54) is 42.5 Å². The Morgan fingerprint density at radius 2 is 1.57 bits per heavy atom. The lowest BCUT2D eigenvalue weighted by atomic mass is 10.1. The van der Waals surface area contributed by atoms with Crippen LogP contribution in [0.4, 0.5) is 16.2 Å². The maximum Gasteiger partial charge on any atom is 0.335 e. The molecule has 1 heterocycles. The van der Waals surface area contributed by atoms with Crippen LogP contribution in [0.3, 0.4) is 0 Å². The molecule has 1 aliphatic heterocycles. The van der Waals surface area contributed by atoms with Gasteiger partial charge in [0.1, 0.15) is 5.57 Å². The molecule has 0 saturated carbocycles. The number of amides is 5. The van der Waals surface area contributed by atoms with Crippen molar-refractivity contribution < 1.29 is 23.9 Å². The zero-order valence-corrected chi connectivity index (χ0v) is 21.6. The molecule has 5 amide bonds. The van der Waals surface area contributed by atoms with Crippen molar-refractivity contribution in [2.75, 3.05) is 16.8 Å². The molecule has 0 radical (unpaired) electrons. The molecule has 0 aromatic heterocycles. The molecule has 188 valence electrons. The number of urea groups is 1. The van der Waals surface area contributed by atoms with E-state index in [0.29, 0.717) is 15.7 Å². The Balaban J connectivity index is 1.53. The van der Waals surface area contributed by atoms with Crippen molar-refractivity contribution in [2.24, 2.45) is 0 Å². The van der Waals surface area contributed by atoms with Crippen LogP contribution in [0.2, 0.25) is 20.1 Å². The highest BCUT2D eigenvalue weighted by Crippen LogP contribution is 2.35. The normalized spacial score (nSPS) is 14.5. The van der Waals surface area contributed by atoms with Gasteiger partial charge in [0.05, 0.1) is 26.4 Å². The van der Waals surface area contributed by atoms with E-state index in [2.05, 4.69) is 10.6 Å². The third-order valence-electron chi connectivity index (χ3n) is 5.01. The zero-order valence-electron chi connectivity index (χ0n) is 18.6. The summed E-state index contributed by atoms with van der Waals surface area (Å²) in [4.78, 5) is 50.8. The van der Waals surface area contributed by atoms with Crippen molar-refractivity contribution in [1.82, 2.24) is 5.32 Å². The monoisotopic (exact) mass is 577 g/mol. The molecule has 1 aliphatic rings. The maximum atomic E-state index is 13.0. The van der Waals surface area contributed by atoms with Gasteiger partial charge in [-0.3, -0.25) is 19.7 Å². The number of carbonyl (C=O) groups is 4. The number of anilines is 2. The maximum absolute atomic E-state index is 13.0. The number of carbonyl (C=O) groups excluding carboxylic acids is 4. The van der Waals surface area contributed by atoms with Crippen molar-refractivity contribution in [3.05, 3.63) is 91.9 Å². The molecule has 12 heteroatoms. The van der Waals surface area contributed by atoms with Crippen molar-refractivity contribution in [2.45, 2.75) is 0 Å². The molecular formula is C25H15Cl4N3O5. The van der Waals surface area contributed by atoms with Crippen LogP contribution < -0.4 is 20.3 Å². The van der Waals surface area contributed by atoms with Gasteiger partial charge < -0.3 is 10.1 Å². The van der Waals surface area contributed by atoms with Crippen LogP contribution in [0.5, 0.6) is 5.75 Å². The van der Waals surface area contributed by atoms with Gasteiger partial charge in [-0.15, -0.1) is 0 Å². The number of barbiturate groups is 1. The standard InChI is InChI=1S/C25H15Cl4N3O5/c26-14-5-7-15(8-6-14)32-24(35)16(23(34)31-25(32)36)9-13-10-18(28)22(19(29)11-13)37-12-21(33)30-20-4-2-1-3-17(20)27/h1-11H,12H2,(H,30,33)(H,31,34,36)/b16-9-. The number of hydrogen-bond donors (Lipinski definition) is 2. The molecule has 1 fully saturated rings. The van der Waals surface area contributed by atoms with Gasteiger partial charge in [0, 0.05) is 5.02 Å². The number of nitrogens with zero attached hydrogens (tertiary/aromatic N) is 1. The smallest absolute Gasteiger partial charge is 0.335 e. The minimum Gasteiger partial charge on any atom is -0.481 e. The fourth-order valence-corrected chi connectivity index (χ4v) is 4.26. The van der Waals surface area contributed by atoms with Crippen LogP contribution in [0.25, 0.3) is 6.08 Å². The molecule has 2 N–H and O–H groups in total. The van der Waals surface area contributed by atoms with Gasteiger partial charge in [0.25, 0.3) is 17.7 Å². The summed E-state index contributed by atoms with van der Waals surface area (Å²) in [5, 5.41) is 5.56. The SMILES string of the molecule is O=C(COc1c(Cl)cc(/C=C2/C(=O)NC(=O)N(c3ccc(Cl)cc3)C2=O)cc1Cl)Nc1ccccc1Cl. The molecular weight excluding hydrogens is 564 g/mol. The summed E-state index contributed by atoms with van der Waals surface area (Å²) < 4.78 is 5.48. The van der Waals surface area contributed by atoms with Gasteiger partial charge in [-0.25, -0.2) is 9.69 Å². The summed E-state index contributed by atoms with van der Waals surface area (Å²) in [6, 6.07) is 14.5. The second kappa shape index (κ2) is 11.2. The quantitative estimate of drug-likeness (QED) is 0.276. The van der Waals surface area contributed by atoms with Crippen molar-refractivity contribution in [3.8, 4) is 5.75 Å². The lowest BCUT2D eigenvalue weighted by molar-refractivity contribution is -0.122. The first kappa shape index (κ1) is 26.5. The van der Waals surface area contributed by atoms with E-state index in [4.69, 9.17) is 51.1 Å². The van der Waals surface area contributed by atoms with E-state index < -0.39 is 30.4 Å². The molecule has 37 heavy (non-hydrogen) atoms. The zero-order chi connectivity index (χ0) is 26.7. The first-order valence-electron chi connectivity index (χ1n) is 10.5. The fourth-order valence-electron chi connectivity index (χ4n) is 3.34. The van der Waals surface area contributed by atoms with Crippen LogP contribution >= 0.6 is 46.4 Å². The number of imide groups is 2. The van der Waals surface area contributed by atoms with Crippen molar-refractivity contribution in [3.63, 3.8) is 0 Å². The molecule has 3 aromatic rings. The first-order valence-corrected chi connectivity index (χ1v) is 12.0. The van der Waals surface area contributed by atoms with Gasteiger partial charge in [-0.2, -0.15) is 0 Å². The molecule has 4 rings (SSSR count). The highest BCUT2D eigenvalue weighted by atomic mass is 35.5. The Kier molecular flexibility index (Phi) is 8.04. The molecule has 8 nitrogen and oxygen atoms in total. The van der Waals surface area contributed by atoms with Crippen LogP contribution in [0.1, 0.15) is 5.56 Å². The molecule has 0 spiro atoms. The Morgan fingerprint density at radius 1 is 0.919 bits per heavy atom. The topological polar surface area (TPSA) is 105 Å². The third-order valence-corrected chi connectivity index (χ3v) is 6.16. The Hall–Kier alpha value is -3.56. The van der Waals surface area contributed by atoms with Gasteiger partial charge >= 0.3 is 6.03 Å². The minimum absolute atomic E-state index is 0.0252. The predicted molar refractivity (Wildman–Crippen MR) is 142 cm³/mol. The van der Waals surface area contributed by atoms with E-state index in [-0.39, 0.29) is 32.6 Å². The summed E-state index contributed by atoms with van der Waals surface area (Å²) in [6.07, 6.45) is 1.23. The lowest BCUT2D eigenvalue weighted by Gasteiger charge is -2.26.